The Morgan fingerprint density at radius 2 is 1.53 bits per heavy atom. The highest BCUT2D eigenvalue weighted by Gasteiger charge is 2.25. The number of rotatable bonds is 4. The zero-order valence-electron chi connectivity index (χ0n) is 17.1. The van der Waals surface area contributed by atoms with Crippen molar-refractivity contribution >= 4 is 27.3 Å². The van der Waals surface area contributed by atoms with Gasteiger partial charge in [0.15, 0.2) is 0 Å². The zero-order valence-corrected chi connectivity index (χ0v) is 17.9. The van der Waals surface area contributed by atoms with Crippen LogP contribution in [0.4, 0.5) is 17.5 Å². The summed E-state index contributed by atoms with van der Waals surface area (Å²) in [5, 5.41) is 0. The van der Waals surface area contributed by atoms with E-state index in [1.165, 1.54) is 17.4 Å². The summed E-state index contributed by atoms with van der Waals surface area (Å²) in [5.74, 6) is 0.433. The highest BCUT2D eigenvalue weighted by molar-refractivity contribution is 7.91. The molecule has 0 unspecified atom stereocenters. The molecule has 0 amide bonds. The molecule has 1 fully saturated rings. The fraction of sp³-hybridized carbons (Fsp3) is 0.273. The van der Waals surface area contributed by atoms with Gasteiger partial charge in [-0.2, -0.15) is 4.98 Å². The molecule has 0 aliphatic carbocycles. The van der Waals surface area contributed by atoms with Crippen molar-refractivity contribution < 1.29 is 8.42 Å². The number of hydrogen-bond donors (Lipinski definition) is 1. The van der Waals surface area contributed by atoms with Crippen LogP contribution in [-0.2, 0) is 9.84 Å². The van der Waals surface area contributed by atoms with Crippen LogP contribution in [0.15, 0.2) is 64.5 Å². The topological polar surface area (TPSA) is 92.4 Å². The molecule has 0 spiro atoms. The monoisotopic (exact) mass is 423 g/mol. The van der Waals surface area contributed by atoms with Crippen molar-refractivity contribution in [3.8, 4) is 0 Å². The Balaban J connectivity index is 1.52. The van der Waals surface area contributed by atoms with E-state index in [0.29, 0.717) is 5.95 Å². The van der Waals surface area contributed by atoms with E-state index in [1.807, 2.05) is 17.9 Å². The number of anilines is 3. The quantitative estimate of drug-likeness (QED) is 0.690. The average molecular weight is 424 g/mol. The summed E-state index contributed by atoms with van der Waals surface area (Å²) in [5.41, 5.74) is 9.35. The zero-order chi connectivity index (χ0) is 21.3. The first-order valence-electron chi connectivity index (χ1n) is 9.85. The third kappa shape index (κ3) is 3.95. The predicted octanol–water partition coefficient (Wildman–Crippen LogP) is 2.84. The van der Waals surface area contributed by atoms with E-state index in [9.17, 15) is 8.42 Å². The lowest BCUT2D eigenvalue weighted by molar-refractivity contribution is 0.595. The fourth-order valence-electron chi connectivity index (χ4n) is 3.63. The second kappa shape index (κ2) is 7.95. The van der Waals surface area contributed by atoms with Crippen molar-refractivity contribution in [2.24, 2.45) is 0 Å². The normalized spacial score (nSPS) is 14.7. The second-order valence-electron chi connectivity index (χ2n) is 7.55. The van der Waals surface area contributed by atoms with Crippen molar-refractivity contribution in [2.45, 2.75) is 23.6 Å². The van der Waals surface area contributed by atoms with Crippen LogP contribution < -0.4 is 15.5 Å². The standard InChI is InChI=1S/C22H25N5O2S/c1-16-5-3-7-18(13-16)26-9-11-27(12-10-26)22-24-15-20(21(23)25-22)30(28,29)19-8-4-6-17(2)14-19/h3-8,13-15H,9-12H2,1-2H3,(H2,23,24,25). The molecular weight excluding hydrogens is 398 g/mol. The fourth-order valence-corrected chi connectivity index (χ4v) is 5.00. The number of nitrogen functional groups attached to an aromatic ring is 1. The summed E-state index contributed by atoms with van der Waals surface area (Å²) in [6.07, 6.45) is 1.32. The van der Waals surface area contributed by atoms with Crippen LogP contribution in [0.3, 0.4) is 0 Å². The summed E-state index contributed by atoms with van der Waals surface area (Å²) >= 11 is 0. The first kappa shape index (κ1) is 20.2. The number of nitrogens with two attached hydrogens (primary N) is 1. The number of nitrogens with zero attached hydrogens (tertiary/aromatic N) is 4. The van der Waals surface area contributed by atoms with Gasteiger partial charge in [0.05, 0.1) is 11.1 Å². The average Bonchev–Trinajstić information content (AvgIpc) is 2.73. The van der Waals surface area contributed by atoms with E-state index >= 15 is 0 Å². The Hall–Kier alpha value is -3.13. The summed E-state index contributed by atoms with van der Waals surface area (Å²) in [6, 6.07) is 15.2. The molecule has 8 heteroatoms. The minimum Gasteiger partial charge on any atom is -0.382 e. The van der Waals surface area contributed by atoms with Crippen LogP contribution in [0.25, 0.3) is 0 Å². The highest BCUT2D eigenvalue weighted by atomic mass is 32.2. The predicted molar refractivity (Wildman–Crippen MR) is 119 cm³/mol. The van der Waals surface area contributed by atoms with E-state index in [0.717, 1.165) is 31.7 Å². The molecule has 30 heavy (non-hydrogen) atoms. The third-order valence-corrected chi connectivity index (χ3v) is 7.06. The number of benzene rings is 2. The number of piperazine rings is 1. The van der Waals surface area contributed by atoms with Gasteiger partial charge >= 0.3 is 0 Å². The number of hydrogen-bond acceptors (Lipinski definition) is 7. The summed E-state index contributed by atoms with van der Waals surface area (Å²) in [4.78, 5) is 13.1. The van der Waals surface area contributed by atoms with Gasteiger partial charge in [0.25, 0.3) is 0 Å². The van der Waals surface area contributed by atoms with Gasteiger partial charge in [-0.1, -0.05) is 24.3 Å². The lowest BCUT2D eigenvalue weighted by Gasteiger charge is -2.36. The molecule has 0 atom stereocenters. The Kier molecular flexibility index (Phi) is 5.34. The Labute approximate surface area is 177 Å². The Morgan fingerprint density at radius 1 is 0.900 bits per heavy atom. The number of sulfone groups is 1. The largest absolute Gasteiger partial charge is 0.382 e. The van der Waals surface area contributed by atoms with Crippen molar-refractivity contribution in [2.75, 3.05) is 41.7 Å². The van der Waals surface area contributed by atoms with E-state index in [4.69, 9.17) is 5.73 Å². The number of aromatic nitrogens is 2. The molecule has 0 radical (unpaired) electrons. The van der Waals surface area contributed by atoms with Gasteiger partial charge in [-0.15, -0.1) is 0 Å². The lowest BCUT2D eigenvalue weighted by Crippen LogP contribution is -2.47. The SMILES string of the molecule is Cc1cccc(N2CCN(c3ncc(S(=O)(=O)c4cccc(C)c4)c(N)n3)CC2)c1. The van der Waals surface area contributed by atoms with Gasteiger partial charge in [-0.3, -0.25) is 0 Å². The van der Waals surface area contributed by atoms with Crippen LogP contribution in [-0.4, -0.2) is 44.6 Å². The van der Waals surface area contributed by atoms with Crippen LogP contribution in [0.2, 0.25) is 0 Å². The van der Waals surface area contributed by atoms with Crippen molar-refractivity contribution in [1.82, 2.24) is 9.97 Å². The second-order valence-corrected chi connectivity index (χ2v) is 9.47. The van der Waals surface area contributed by atoms with Crippen molar-refractivity contribution in [1.29, 1.82) is 0 Å². The van der Waals surface area contributed by atoms with Crippen LogP contribution in [0.5, 0.6) is 0 Å². The van der Waals surface area contributed by atoms with Gasteiger partial charge in [0, 0.05) is 31.9 Å². The molecule has 7 nitrogen and oxygen atoms in total. The molecule has 1 aliphatic rings. The molecule has 156 valence electrons. The molecule has 2 aromatic carbocycles. The molecule has 1 saturated heterocycles. The molecule has 2 N–H and O–H groups in total. The maximum absolute atomic E-state index is 12.9. The molecule has 4 rings (SSSR count). The molecule has 0 saturated carbocycles. The van der Waals surface area contributed by atoms with Gasteiger partial charge in [-0.05, 0) is 49.2 Å². The Bertz CT molecular complexity index is 1170. The van der Waals surface area contributed by atoms with E-state index in [2.05, 4.69) is 46.1 Å². The number of aryl methyl sites for hydroxylation is 2. The maximum Gasteiger partial charge on any atom is 0.227 e. The van der Waals surface area contributed by atoms with E-state index < -0.39 is 9.84 Å². The first-order chi connectivity index (χ1) is 14.3. The maximum atomic E-state index is 12.9. The van der Waals surface area contributed by atoms with Crippen LogP contribution in [0, 0.1) is 13.8 Å². The van der Waals surface area contributed by atoms with Crippen LogP contribution in [0.1, 0.15) is 11.1 Å². The molecule has 1 aliphatic heterocycles. The van der Waals surface area contributed by atoms with Gasteiger partial charge in [0.2, 0.25) is 15.8 Å². The summed E-state index contributed by atoms with van der Waals surface area (Å²) in [6.45, 7) is 7.06. The Morgan fingerprint density at radius 3 is 2.17 bits per heavy atom. The van der Waals surface area contributed by atoms with E-state index in [1.54, 1.807) is 18.2 Å². The summed E-state index contributed by atoms with van der Waals surface area (Å²) < 4.78 is 25.9. The molecule has 3 aromatic rings. The lowest BCUT2D eigenvalue weighted by atomic mass is 10.2. The van der Waals surface area contributed by atoms with Crippen molar-refractivity contribution in [3.05, 3.63) is 65.9 Å². The van der Waals surface area contributed by atoms with Gasteiger partial charge < -0.3 is 15.5 Å². The smallest absolute Gasteiger partial charge is 0.227 e. The minimum atomic E-state index is -3.77. The first-order valence-corrected chi connectivity index (χ1v) is 11.3. The van der Waals surface area contributed by atoms with Gasteiger partial charge in [0.1, 0.15) is 10.7 Å². The van der Waals surface area contributed by atoms with E-state index in [-0.39, 0.29) is 15.6 Å². The van der Waals surface area contributed by atoms with Crippen molar-refractivity contribution in [3.63, 3.8) is 0 Å². The highest BCUT2D eigenvalue weighted by Crippen LogP contribution is 2.27. The molecule has 1 aromatic heterocycles. The molecule has 0 bridgehead atoms. The van der Waals surface area contributed by atoms with Gasteiger partial charge in [-0.25, -0.2) is 13.4 Å². The third-order valence-electron chi connectivity index (χ3n) is 5.29. The summed E-state index contributed by atoms with van der Waals surface area (Å²) in [7, 11) is -3.77. The van der Waals surface area contributed by atoms with Crippen LogP contribution >= 0.6 is 0 Å². The molecule has 2 heterocycles. The minimum absolute atomic E-state index is 0.0254. The molecular formula is C22H25N5O2S.